The summed E-state index contributed by atoms with van der Waals surface area (Å²) in [5, 5.41) is 5.99. The molecular formula is C42H56N8O5S. The number of nitrogens with zero attached hydrogens (tertiary/aromatic N) is 4. The van der Waals surface area contributed by atoms with Crippen LogP contribution in [-0.4, -0.2) is 93.8 Å². The van der Waals surface area contributed by atoms with E-state index in [-0.39, 0.29) is 41.8 Å². The average Bonchev–Trinajstić information content (AvgIpc) is 4.05. The monoisotopic (exact) mass is 784 g/mol. The quantitative estimate of drug-likeness (QED) is 0.106. The third-order valence-corrected chi connectivity index (χ3v) is 12.9. The van der Waals surface area contributed by atoms with Gasteiger partial charge < -0.3 is 34.6 Å². The lowest BCUT2D eigenvalue weighted by Gasteiger charge is -2.30. The number of hydrogen-bond acceptors (Lipinski definition) is 9. The molecule has 0 spiro atoms. The molecule has 2 fully saturated rings. The second kappa shape index (κ2) is 17.3. The highest BCUT2D eigenvalue weighted by atomic mass is 32.1. The van der Waals surface area contributed by atoms with Gasteiger partial charge in [-0.1, -0.05) is 52.0 Å². The Morgan fingerprint density at radius 2 is 1.30 bits per heavy atom. The predicted molar refractivity (Wildman–Crippen MR) is 217 cm³/mol. The van der Waals surface area contributed by atoms with Crippen LogP contribution in [0.4, 0.5) is 4.79 Å². The summed E-state index contributed by atoms with van der Waals surface area (Å²) in [5.74, 6) is 1.62. The van der Waals surface area contributed by atoms with E-state index in [2.05, 4.69) is 58.7 Å². The lowest BCUT2D eigenvalue weighted by atomic mass is 9.90. The van der Waals surface area contributed by atoms with Crippen LogP contribution in [0.5, 0.6) is 0 Å². The first-order valence-electron chi connectivity index (χ1n) is 20.1. The first-order chi connectivity index (χ1) is 27.1. The Labute approximate surface area is 333 Å². The Hall–Kier alpha value is -4.53. The number of alkyl carbamates (subject to hydrolysis) is 1. The van der Waals surface area contributed by atoms with Crippen molar-refractivity contribution in [3.05, 3.63) is 59.4 Å². The van der Waals surface area contributed by atoms with Gasteiger partial charge in [0.2, 0.25) is 11.8 Å². The Kier molecular flexibility index (Phi) is 12.3. The van der Waals surface area contributed by atoms with E-state index in [0.717, 1.165) is 80.0 Å². The number of amides is 3. The molecule has 13 nitrogen and oxygen atoms in total. The van der Waals surface area contributed by atoms with Gasteiger partial charge in [-0.05, 0) is 85.5 Å². The number of likely N-dealkylation sites (tertiary alicyclic amines) is 2. The van der Waals surface area contributed by atoms with Crippen LogP contribution in [0.1, 0.15) is 101 Å². The molecule has 3 aliphatic rings. The molecule has 1 aromatic carbocycles. The zero-order valence-electron chi connectivity index (χ0n) is 33.4. The lowest BCUT2D eigenvalue weighted by Crippen LogP contribution is -2.51. The second-order valence-electron chi connectivity index (χ2n) is 16.0. The van der Waals surface area contributed by atoms with Gasteiger partial charge in [0.05, 0.1) is 60.6 Å². The van der Waals surface area contributed by atoms with Crippen molar-refractivity contribution in [3.8, 4) is 32.3 Å². The van der Waals surface area contributed by atoms with Crippen LogP contribution in [0.3, 0.4) is 0 Å². The van der Waals surface area contributed by atoms with E-state index in [1.54, 1.807) is 7.11 Å². The highest BCUT2D eigenvalue weighted by Crippen LogP contribution is 2.46. The van der Waals surface area contributed by atoms with Crippen LogP contribution in [0, 0.1) is 11.8 Å². The van der Waals surface area contributed by atoms with Crippen LogP contribution in [0.25, 0.3) is 32.3 Å². The minimum Gasteiger partial charge on any atom is -0.453 e. The smallest absolute Gasteiger partial charge is 0.407 e. The highest BCUT2D eigenvalue weighted by Gasteiger charge is 2.39. The van der Waals surface area contributed by atoms with E-state index < -0.39 is 12.1 Å². The Morgan fingerprint density at radius 1 is 0.768 bits per heavy atom. The minimum absolute atomic E-state index is 0.0852. The Bertz CT molecular complexity index is 2000. The van der Waals surface area contributed by atoms with Crippen molar-refractivity contribution in [1.29, 1.82) is 0 Å². The summed E-state index contributed by atoms with van der Waals surface area (Å²) in [4.78, 5) is 62.5. The summed E-state index contributed by atoms with van der Waals surface area (Å²) in [7, 11) is 2.94. The number of carbonyl (C=O) groups excluding carboxylic acids is 3. The largest absolute Gasteiger partial charge is 0.453 e. The number of fused-ring (bicyclic) bond motifs is 1. The molecule has 0 bridgehead atoms. The number of H-pyrrole nitrogens is 2. The summed E-state index contributed by atoms with van der Waals surface area (Å²) < 4.78 is 10.0. The molecule has 0 saturated carbocycles. The van der Waals surface area contributed by atoms with Crippen LogP contribution >= 0.6 is 11.3 Å². The summed E-state index contributed by atoms with van der Waals surface area (Å²) >= 11 is 1.81. The van der Waals surface area contributed by atoms with Crippen molar-refractivity contribution >= 4 is 29.2 Å². The molecule has 1 aliphatic carbocycles. The number of imidazole rings is 2. The van der Waals surface area contributed by atoms with Crippen LogP contribution in [-0.2, 0) is 31.9 Å². The van der Waals surface area contributed by atoms with Gasteiger partial charge in [-0.15, -0.1) is 11.3 Å². The summed E-state index contributed by atoms with van der Waals surface area (Å²) in [6.45, 7) is 9.62. The standard InChI is InChI=1S/C42H56N8O5S/c1-24(2)34(45-23-54-5)40(51)49-19-9-13-32(49)38-43-21-30(46-38)26-15-17-27(18-16-26)36-28-11-7-8-12-29(28)37(56-36)31-22-44-39(47-31)33-14-10-20-50(33)41(52)35(25(3)4)48-42(53)55-6/h15-18,21-22,24-25,32-35,45H,7-14,19-20,23H2,1-6H3,(H,43,46)(H,44,47)(H,48,53)/t32-,33-,34-,35-/m0/s1. The maximum absolute atomic E-state index is 13.7. The maximum Gasteiger partial charge on any atom is 0.407 e. The van der Waals surface area contributed by atoms with E-state index >= 15 is 0 Å². The maximum atomic E-state index is 13.7. The van der Waals surface area contributed by atoms with Gasteiger partial charge in [0.25, 0.3) is 0 Å². The normalized spacial score (nSPS) is 19.4. The van der Waals surface area contributed by atoms with Crippen LogP contribution in [0.15, 0.2) is 36.7 Å². The fraction of sp³-hybridized carbons (Fsp3) is 0.548. The molecule has 4 atom stereocenters. The van der Waals surface area contributed by atoms with Gasteiger partial charge in [0, 0.05) is 25.1 Å². The fourth-order valence-corrected chi connectivity index (χ4v) is 9.99. The van der Waals surface area contributed by atoms with E-state index in [4.69, 9.17) is 19.4 Å². The highest BCUT2D eigenvalue weighted by molar-refractivity contribution is 7.19. The molecule has 3 amide bonds. The molecular weight excluding hydrogens is 729 g/mol. The molecule has 3 aromatic heterocycles. The number of aromatic amines is 2. The second-order valence-corrected chi connectivity index (χ2v) is 17.0. The van der Waals surface area contributed by atoms with Gasteiger partial charge in [0.1, 0.15) is 17.7 Å². The van der Waals surface area contributed by atoms with E-state index in [9.17, 15) is 14.4 Å². The predicted octanol–water partition coefficient (Wildman–Crippen LogP) is 7.00. The number of thiophene rings is 1. The van der Waals surface area contributed by atoms with Gasteiger partial charge in [0.15, 0.2) is 0 Å². The fourth-order valence-electron chi connectivity index (χ4n) is 8.63. The molecule has 0 radical (unpaired) electrons. The van der Waals surface area contributed by atoms with Crippen molar-refractivity contribution in [2.45, 2.75) is 103 Å². The van der Waals surface area contributed by atoms with Gasteiger partial charge in [-0.3, -0.25) is 14.9 Å². The summed E-state index contributed by atoms with van der Waals surface area (Å²) in [5.41, 5.74) is 6.96. The summed E-state index contributed by atoms with van der Waals surface area (Å²) in [6.07, 6.45) is 11.1. The van der Waals surface area contributed by atoms with Crippen molar-refractivity contribution in [2.24, 2.45) is 11.8 Å². The number of nitrogens with one attached hydrogen (secondary N) is 4. The van der Waals surface area contributed by atoms with E-state index in [1.807, 2.05) is 47.4 Å². The van der Waals surface area contributed by atoms with Gasteiger partial charge >= 0.3 is 6.09 Å². The molecule has 4 N–H and O–H groups in total. The minimum atomic E-state index is -0.675. The molecule has 2 aliphatic heterocycles. The first-order valence-corrected chi connectivity index (χ1v) is 20.9. The number of benzene rings is 1. The van der Waals surface area contributed by atoms with Crippen LogP contribution < -0.4 is 10.6 Å². The average molecular weight is 785 g/mol. The molecule has 5 heterocycles. The zero-order chi connectivity index (χ0) is 39.5. The molecule has 14 heteroatoms. The van der Waals surface area contributed by atoms with E-state index in [0.29, 0.717) is 19.8 Å². The third-order valence-electron chi connectivity index (χ3n) is 11.6. The summed E-state index contributed by atoms with van der Waals surface area (Å²) in [6, 6.07) is 7.45. The zero-order valence-corrected chi connectivity index (χ0v) is 34.3. The Balaban J connectivity index is 1.09. The molecule has 2 saturated heterocycles. The van der Waals surface area contributed by atoms with Crippen molar-refractivity contribution in [3.63, 3.8) is 0 Å². The van der Waals surface area contributed by atoms with Gasteiger partial charge in [-0.25, -0.2) is 14.8 Å². The third kappa shape index (κ3) is 8.01. The first kappa shape index (κ1) is 39.7. The number of hydrogen-bond donors (Lipinski definition) is 4. The number of ether oxygens (including phenoxy) is 2. The van der Waals surface area contributed by atoms with Gasteiger partial charge in [-0.2, -0.15) is 0 Å². The lowest BCUT2D eigenvalue weighted by molar-refractivity contribution is -0.136. The van der Waals surface area contributed by atoms with Crippen molar-refractivity contribution in [1.82, 2.24) is 40.4 Å². The molecule has 56 heavy (non-hydrogen) atoms. The number of carbonyl (C=O) groups is 3. The topological polar surface area (TPSA) is 158 Å². The molecule has 0 unspecified atom stereocenters. The number of aromatic nitrogens is 4. The molecule has 4 aromatic rings. The van der Waals surface area contributed by atoms with E-state index in [1.165, 1.54) is 33.6 Å². The van der Waals surface area contributed by atoms with Crippen molar-refractivity contribution in [2.75, 3.05) is 34.0 Å². The molecule has 300 valence electrons. The van der Waals surface area contributed by atoms with Crippen molar-refractivity contribution < 1.29 is 23.9 Å². The number of rotatable bonds is 13. The Morgan fingerprint density at radius 3 is 1.88 bits per heavy atom. The van der Waals surface area contributed by atoms with Crippen LogP contribution in [0.2, 0.25) is 0 Å². The molecule has 7 rings (SSSR count). The number of methoxy groups -OCH3 is 2. The SMILES string of the molecule is COCN[C@H](C(=O)N1CCC[C@H]1c1ncc(-c2ccc(-c3sc(-c4cnc([C@@H]5CCCN5C(=O)[C@@H](NC(=O)OC)C(C)C)[nH]4)c4c3CCCC4)cc2)[nH]1)C(C)C.